The van der Waals surface area contributed by atoms with Crippen molar-refractivity contribution < 1.29 is 8.42 Å². The van der Waals surface area contributed by atoms with Crippen LogP contribution in [0.15, 0.2) is 59.1 Å². The Balaban J connectivity index is 1.82. The number of nitrogens with zero attached hydrogens (tertiary/aromatic N) is 2. The van der Waals surface area contributed by atoms with Gasteiger partial charge in [-0.2, -0.15) is 0 Å². The van der Waals surface area contributed by atoms with E-state index in [0.29, 0.717) is 5.69 Å². The van der Waals surface area contributed by atoms with E-state index in [-0.39, 0.29) is 10.0 Å². The van der Waals surface area contributed by atoms with Gasteiger partial charge in [-0.25, -0.2) is 18.4 Å². The summed E-state index contributed by atoms with van der Waals surface area (Å²) in [5.41, 5.74) is 1.40. The molecule has 2 heterocycles. The van der Waals surface area contributed by atoms with Crippen molar-refractivity contribution >= 4 is 38.6 Å². The highest BCUT2D eigenvalue weighted by molar-refractivity contribution is 7.92. The van der Waals surface area contributed by atoms with Crippen molar-refractivity contribution in [1.82, 2.24) is 9.97 Å². The quantitative estimate of drug-likeness (QED) is 0.728. The van der Waals surface area contributed by atoms with Crippen LogP contribution < -0.4 is 4.72 Å². The highest BCUT2D eigenvalue weighted by Crippen LogP contribution is 2.24. The van der Waals surface area contributed by atoms with Gasteiger partial charge >= 0.3 is 0 Å². The highest BCUT2D eigenvalue weighted by Gasteiger charge is 2.14. The molecule has 8 heteroatoms. The number of anilines is 1. The van der Waals surface area contributed by atoms with Crippen LogP contribution in [0.3, 0.4) is 0 Å². The molecular weight excluding hydrogens is 342 g/mol. The van der Waals surface area contributed by atoms with Gasteiger partial charge in [0.1, 0.15) is 15.1 Å². The second kappa shape index (κ2) is 6.04. The van der Waals surface area contributed by atoms with E-state index < -0.39 is 10.0 Å². The fourth-order valence-corrected chi connectivity index (χ4v) is 3.54. The number of aromatic nitrogens is 2. The van der Waals surface area contributed by atoms with Crippen LogP contribution in [0.4, 0.5) is 5.69 Å². The van der Waals surface area contributed by atoms with Crippen LogP contribution in [0.2, 0.25) is 5.15 Å². The number of pyridine rings is 1. The molecule has 0 aliphatic heterocycles. The standard InChI is InChI=1S/C14H10ClN3O2S2/c15-13-6-5-12(9-17-13)22(19,20)18-11-3-1-10(2-4-11)14-16-7-8-21-14/h1-9,18H. The molecular formula is C14H10ClN3O2S2. The number of rotatable bonds is 4. The molecule has 1 aromatic carbocycles. The first kappa shape index (κ1) is 15.0. The summed E-state index contributed by atoms with van der Waals surface area (Å²) < 4.78 is 26.9. The lowest BCUT2D eigenvalue weighted by Crippen LogP contribution is -2.13. The predicted octanol–water partition coefficient (Wildman–Crippen LogP) is 3.66. The van der Waals surface area contributed by atoms with E-state index in [9.17, 15) is 8.42 Å². The maximum absolute atomic E-state index is 12.2. The van der Waals surface area contributed by atoms with Crippen molar-refractivity contribution in [3.05, 3.63) is 59.3 Å². The fourth-order valence-electron chi connectivity index (χ4n) is 1.78. The lowest BCUT2D eigenvalue weighted by atomic mass is 10.2. The number of hydrogen-bond donors (Lipinski definition) is 1. The summed E-state index contributed by atoms with van der Waals surface area (Å²) in [4.78, 5) is 8.04. The number of halogens is 1. The van der Waals surface area contributed by atoms with E-state index >= 15 is 0 Å². The smallest absolute Gasteiger partial charge is 0.263 e. The van der Waals surface area contributed by atoms with E-state index in [0.717, 1.165) is 10.6 Å². The molecule has 0 unspecified atom stereocenters. The Hall–Kier alpha value is -1.96. The normalized spacial score (nSPS) is 11.3. The molecule has 0 amide bonds. The molecule has 1 N–H and O–H groups in total. The molecule has 2 aromatic heterocycles. The minimum atomic E-state index is -3.68. The van der Waals surface area contributed by atoms with E-state index in [1.165, 1.54) is 29.7 Å². The first-order valence-corrected chi connectivity index (χ1v) is 8.93. The zero-order valence-corrected chi connectivity index (χ0v) is 13.5. The second-order valence-corrected chi connectivity index (χ2v) is 7.30. The molecule has 0 aliphatic rings. The average molecular weight is 352 g/mol. The van der Waals surface area contributed by atoms with Crippen molar-refractivity contribution in [2.24, 2.45) is 0 Å². The van der Waals surface area contributed by atoms with Gasteiger partial charge in [0.2, 0.25) is 0 Å². The zero-order chi connectivity index (χ0) is 15.6. The molecule has 0 saturated heterocycles. The molecule has 0 atom stereocenters. The third kappa shape index (κ3) is 3.27. The van der Waals surface area contributed by atoms with Crippen LogP contribution in [0.25, 0.3) is 10.6 Å². The summed E-state index contributed by atoms with van der Waals surface area (Å²) in [6, 6.07) is 9.85. The van der Waals surface area contributed by atoms with Crippen molar-refractivity contribution in [2.75, 3.05) is 4.72 Å². The van der Waals surface area contributed by atoms with Crippen LogP contribution in [0, 0.1) is 0 Å². The van der Waals surface area contributed by atoms with Gasteiger partial charge < -0.3 is 0 Å². The van der Waals surface area contributed by atoms with Crippen LogP contribution in [-0.2, 0) is 10.0 Å². The summed E-state index contributed by atoms with van der Waals surface area (Å²) >= 11 is 7.18. The third-order valence-electron chi connectivity index (χ3n) is 2.83. The zero-order valence-electron chi connectivity index (χ0n) is 11.1. The maximum Gasteiger partial charge on any atom is 0.263 e. The molecule has 3 aromatic rings. The molecule has 3 rings (SSSR count). The summed E-state index contributed by atoms with van der Waals surface area (Å²) in [6.07, 6.45) is 2.94. The molecule has 22 heavy (non-hydrogen) atoms. The molecule has 0 saturated carbocycles. The highest BCUT2D eigenvalue weighted by atomic mass is 35.5. The Morgan fingerprint density at radius 3 is 2.41 bits per heavy atom. The number of thiazole rings is 1. The molecule has 0 radical (unpaired) electrons. The SMILES string of the molecule is O=S(=O)(Nc1ccc(-c2nccs2)cc1)c1ccc(Cl)nc1. The van der Waals surface area contributed by atoms with Crippen molar-refractivity contribution in [2.45, 2.75) is 4.90 Å². The molecule has 0 aliphatic carbocycles. The summed E-state index contributed by atoms with van der Waals surface area (Å²) in [6.45, 7) is 0. The van der Waals surface area contributed by atoms with Crippen LogP contribution in [-0.4, -0.2) is 18.4 Å². The van der Waals surface area contributed by atoms with Gasteiger partial charge in [0.15, 0.2) is 0 Å². The number of hydrogen-bond acceptors (Lipinski definition) is 5. The largest absolute Gasteiger partial charge is 0.280 e. The maximum atomic E-state index is 12.2. The lowest BCUT2D eigenvalue weighted by molar-refractivity contribution is 0.601. The Morgan fingerprint density at radius 1 is 1.05 bits per heavy atom. The van der Waals surface area contributed by atoms with Gasteiger partial charge in [-0.15, -0.1) is 11.3 Å². The molecule has 0 spiro atoms. The van der Waals surface area contributed by atoms with Crippen LogP contribution in [0.1, 0.15) is 0 Å². The van der Waals surface area contributed by atoms with Crippen LogP contribution >= 0.6 is 22.9 Å². The van der Waals surface area contributed by atoms with E-state index in [1.807, 2.05) is 17.5 Å². The van der Waals surface area contributed by atoms with Gasteiger partial charge in [-0.3, -0.25) is 4.72 Å². The second-order valence-electron chi connectivity index (χ2n) is 4.34. The first-order valence-electron chi connectivity index (χ1n) is 6.19. The van der Waals surface area contributed by atoms with Gasteiger partial charge in [0.25, 0.3) is 10.0 Å². The van der Waals surface area contributed by atoms with Gasteiger partial charge in [0, 0.05) is 29.0 Å². The Kier molecular flexibility index (Phi) is 4.10. The van der Waals surface area contributed by atoms with E-state index in [1.54, 1.807) is 18.3 Å². The minimum Gasteiger partial charge on any atom is -0.280 e. The van der Waals surface area contributed by atoms with Crippen molar-refractivity contribution in [3.63, 3.8) is 0 Å². The Morgan fingerprint density at radius 2 is 1.82 bits per heavy atom. The predicted molar refractivity (Wildman–Crippen MR) is 87.6 cm³/mol. The molecule has 0 bridgehead atoms. The Bertz CT molecular complexity index is 861. The van der Waals surface area contributed by atoms with Gasteiger partial charge in [-0.05, 0) is 36.4 Å². The third-order valence-corrected chi connectivity index (χ3v) is 5.24. The minimum absolute atomic E-state index is 0.0564. The molecule has 5 nitrogen and oxygen atoms in total. The van der Waals surface area contributed by atoms with Crippen molar-refractivity contribution in [3.8, 4) is 10.6 Å². The monoisotopic (exact) mass is 351 g/mol. The first-order chi connectivity index (χ1) is 10.5. The summed E-state index contributed by atoms with van der Waals surface area (Å²) in [7, 11) is -3.68. The lowest BCUT2D eigenvalue weighted by Gasteiger charge is -2.08. The summed E-state index contributed by atoms with van der Waals surface area (Å²) in [5, 5.41) is 3.02. The topological polar surface area (TPSA) is 72.0 Å². The Labute approximate surface area is 136 Å². The van der Waals surface area contributed by atoms with Gasteiger partial charge in [-0.1, -0.05) is 11.6 Å². The number of sulfonamides is 1. The molecule has 0 fully saturated rings. The van der Waals surface area contributed by atoms with Crippen LogP contribution in [0.5, 0.6) is 0 Å². The number of nitrogens with one attached hydrogen (secondary N) is 1. The average Bonchev–Trinajstić information content (AvgIpc) is 3.02. The molecule has 112 valence electrons. The van der Waals surface area contributed by atoms with E-state index in [4.69, 9.17) is 11.6 Å². The van der Waals surface area contributed by atoms with Gasteiger partial charge in [0.05, 0.1) is 0 Å². The fraction of sp³-hybridized carbons (Fsp3) is 0. The summed E-state index contributed by atoms with van der Waals surface area (Å²) in [5.74, 6) is 0. The van der Waals surface area contributed by atoms with E-state index in [2.05, 4.69) is 14.7 Å². The number of benzene rings is 1. The van der Waals surface area contributed by atoms with Crippen molar-refractivity contribution in [1.29, 1.82) is 0 Å².